The molecule has 0 unspecified atom stereocenters. The van der Waals surface area contributed by atoms with Crippen LogP contribution in [0.1, 0.15) is 19.8 Å². The van der Waals surface area contributed by atoms with Crippen LogP contribution in [0.5, 0.6) is 0 Å². The molecule has 0 radical (unpaired) electrons. The number of nitrogens with zero attached hydrogens (tertiary/aromatic N) is 2. The van der Waals surface area contributed by atoms with Crippen molar-refractivity contribution in [2.24, 2.45) is 5.92 Å². The highest BCUT2D eigenvalue weighted by Crippen LogP contribution is 2.28. The van der Waals surface area contributed by atoms with Crippen LogP contribution in [0.15, 0.2) is 4.42 Å². The van der Waals surface area contributed by atoms with Crippen LogP contribution in [0.2, 0.25) is 0 Å². The summed E-state index contributed by atoms with van der Waals surface area (Å²) in [5.74, 6) is 0.808. The van der Waals surface area contributed by atoms with Crippen molar-refractivity contribution in [3.05, 3.63) is 0 Å². The molecule has 1 saturated carbocycles. The SMILES string of the molecule is CC1CC(Nc2nnc(N)o2)C1. The molecule has 1 aromatic heterocycles. The quantitative estimate of drug-likeness (QED) is 0.685. The molecule has 1 fully saturated rings. The zero-order valence-corrected chi connectivity index (χ0v) is 6.95. The van der Waals surface area contributed by atoms with Crippen molar-refractivity contribution in [1.82, 2.24) is 10.2 Å². The molecule has 1 heterocycles. The van der Waals surface area contributed by atoms with Gasteiger partial charge < -0.3 is 15.5 Å². The lowest BCUT2D eigenvalue weighted by Crippen LogP contribution is -2.33. The highest BCUT2D eigenvalue weighted by Gasteiger charge is 2.26. The van der Waals surface area contributed by atoms with Gasteiger partial charge in [-0.25, -0.2) is 0 Å². The van der Waals surface area contributed by atoms with E-state index in [-0.39, 0.29) is 6.01 Å². The lowest BCUT2D eigenvalue weighted by atomic mass is 9.82. The van der Waals surface area contributed by atoms with E-state index in [4.69, 9.17) is 10.2 Å². The Bertz CT molecular complexity index is 266. The van der Waals surface area contributed by atoms with Crippen LogP contribution in [-0.4, -0.2) is 16.2 Å². The predicted molar refractivity (Wildman–Crippen MR) is 44.5 cm³/mol. The van der Waals surface area contributed by atoms with Gasteiger partial charge in [-0.15, -0.1) is 0 Å². The molecule has 2 rings (SSSR count). The van der Waals surface area contributed by atoms with Gasteiger partial charge in [0, 0.05) is 6.04 Å². The maximum atomic E-state index is 5.26. The first-order valence-electron chi connectivity index (χ1n) is 4.09. The van der Waals surface area contributed by atoms with Gasteiger partial charge in [0.05, 0.1) is 0 Å². The molecule has 1 aliphatic carbocycles. The third-order valence-electron chi connectivity index (χ3n) is 2.14. The van der Waals surface area contributed by atoms with Gasteiger partial charge in [-0.3, -0.25) is 0 Å². The fourth-order valence-electron chi connectivity index (χ4n) is 1.49. The van der Waals surface area contributed by atoms with Crippen LogP contribution >= 0.6 is 0 Å². The zero-order chi connectivity index (χ0) is 8.55. The monoisotopic (exact) mass is 168 g/mol. The molecule has 12 heavy (non-hydrogen) atoms. The smallest absolute Gasteiger partial charge is 0.317 e. The van der Waals surface area contributed by atoms with Crippen molar-refractivity contribution in [1.29, 1.82) is 0 Å². The number of hydrogen-bond acceptors (Lipinski definition) is 5. The number of nitrogens with two attached hydrogens (primary N) is 1. The average Bonchev–Trinajstić information content (AvgIpc) is 2.33. The van der Waals surface area contributed by atoms with Crippen LogP contribution < -0.4 is 11.1 Å². The molecule has 0 spiro atoms. The van der Waals surface area contributed by atoms with E-state index in [0.717, 1.165) is 5.92 Å². The standard InChI is InChI=1S/C7H12N4O/c1-4-2-5(3-4)9-7-11-10-6(8)12-7/h4-5H,2-3H2,1H3,(H2,8,10)(H,9,11). The molecule has 5 heteroatoms. The molecule has 0 bridgehead atoms. The average molecular weight is 168 g/mol. The Morgan fingerprint density at radius 2 is 2.25 bits per heavy atom. The summed E-state index contributed by atoms with van der Waals surface area (Å²) in [6.45, 7) is 2.22. The van der Waals surface area contributed by atoms with Crippen LogP contribution in [-0.2, 0) is 0 Å². The van der Waals surface area contributed by atoms with E-state index >= 15 is 0 Å². The van der Waals surface area contributed by atoms with E-state index in [2.05, 4.69) is 22.4 Å². The van der Waals surface area contributed by atoms with Gasteiger partial charge >= 0.3 is 12.0 Å². The van der Waals surface area contributed by atoms with Gasteiger partial charge in [-0.1, -0.05) is 17.1 Å². The molecule has 0 saturated heterocycles. The van der Waals surface area contributed by atoms with E-state index in [1.807, 2.05) is 0 Å². The second kappa shape index (κ2) is 2.66. The van der Waals surface area contributed by atoms with Crippen molar-refractivity contribution in [3.8, 4) is 0 Å². The van der Waals surface area contributed by atoms with Gasteiger partial charge in [0.2, 0.25) is 0 Å². The van der Waals surface area contributed by atoms with E-state index in [9.17, 15) is 0 Å². The van der Waals surface area contributed by atoms with E-state index in [0.29, 0.717) is 12.1 Å². The summed E-state index contributed by atoms with van der Waals surface area (Å²) in [5, 5.41) is 10.4. The molecule has 0 aliphatic heterocycles. The third-order valence-corrected chi connectivity index (χ3v) is 2.14. The zero-order valence-electron chi connectivity index (χ0n) is 6.95. The number of hydrogen-bond donors (Lipinski definition) is 2. The molecule has 5 nitrogen and oxygen atoms in total. The lowest BCUT2D eigenvalue weighted by molar-refractivity contribution is 0.304. The number of nitrogen functional groups attached to an aromatic ring is 1. The summed E-state index contributed by atoms with van der Waals surface area (Å²) in [7, 11) is 0. The summed E-state index contributed by atoms with van der Waals surface area (Å²) >= 11 is 0. The third kappa shape index (κ3) is 1.34. The van der Waals surface area contributed by atoms with Crippen LogP contribution in [0.3, 0.4) is 0 Å². The Hall–Kier alpha value is -1.26. The number of anilines is 2. The highest BCUT2D eigenvalue weighted by molar-refractivity contribution is 5.25. The molecular weight excluding hydrogens is 156 g/mol. The molecule has 0 amide bonds. The van der Waals surface area contributed by atoms with Crippen LogP contribution in [0, 0.1) is 5.92 Å². The second-order valence-electron chi connectivity index (χ2n) is 3.36. The molecule has 3 N–H and O–H groups in total. The van der Waals surface area contributed by atoms with E-state index < -0.39 is 0 Å². The Kier molecular flexibility index (Phi) is 1.64. The molecule has 66 valence electrons. The summed E-state index contributed by atoms with van der Waals surface area (Å²) in [6, 6.07) is 1.04. The van der Waals surface area contributed by atoms with Gasteiger partial charge in [-0.2, -0.15) is 0 Å². The van der Waals surface area contributed by atoms with Crippen molar-refractivity contribution in [3.63, 3.8) is 0 Å². The Balaban J connectivity index is 1.88. The first kappa shape index (κ1) is 7.39. The van der Waals surface area contributed by atoms with Gasteiger partial charge in [-0.05, 0) is 18.8 Å². The van der Waals surface area contributed by atoms with Crippen molar-refractivity contribution in [2.45, 2.75) is 25.8 Å². The summed E-state index contributed by atoms with van der Waals surface area (Å²) in [5.41, 5.74) is 5.26. The van der Waals surface area contributed by atoms with Crippen LogP contribution in [0.25, 0.3) is 0 Å². The number of nitrogens with one attached hydrogen (secondary N) is 1. The van der Waals surface area contributed by atoms with Gasteiger partial charge in [0.1, 0.15) is 0 Å². The van der Waals surface area contributed by atoms with Crippen molar-refractivity contribution >= 4 is 12.0 Å². The van der Waals surface area contributed by atoms with Crippen molar-refractivity contribution < 1.29 is 4.42 Å². The second-order valence-corrected chi connectivity index (χ2v) is 3.36. The Morgan fingerprint density at radius 3 is 2.75 bits per heavy atom. The normalized spacial score (nSPS) is 28.1. The minimum atomic E-state index is 0.116. The lowest BCUT2D eigenvalue weighted by Gasteiger charge is -2.32. The minimum Gasteiger partial charge on any atom is -0.390 e. The fourth-order valence-corrected chi connectivity index (χ4v) is 1.49. The summed E-state index contributed by atoms with van der Waals surface area (Å²) in [4.78, 5) is 0. The van der Waals surface area contributed by atoms with Gasteiger partial charge in [0.15, 0.2) is 0 Å². The largest absolute Gasteiger partial charge is 0.390 e. The number of rotatable bonds is 2. The van der Waals surface area contributed by atoms with Crippen molar-refractivity contribution in [2.75, 3.05) is 11.1 Å². The maximum Gasteiger partial charge on any atom is 0.317 e. The predicted octanol–water partition coefficient (Wildman–Crippen LogP) is 0.862. The van der Waals surface area contributed by atoms with E-state index in [1.54, 1.807) is 0 Å². The first-order chi connectivity index (χ1) is 5.74. The number of aromatic nitrogens is 2. The molecule has 0 atom stereocenters. The Morgan fingerprint density at radius 1 is 1.50 bits per heavy atom. The summed E-state index contributed by atoms with van der Waals surface area (Å²) in [6.07, 6.45) is 2.34. The minimum absolute atomic E-state index is 0.116. The van der Waals surface area contributed by atoms with E-state index in [1.165, 1.54) is 12.8 Å². The van der Waals surface area contributed by atoms with Crippen LogP contribution in [0.4, 0.5) is 12.0 Å². The molecule has 1 aliphatic rings. The van der Waals surface area contributed by atoms with Gasteiger partial charge in [0.25, 0.3) is 0 Å². The molecule has 0 aromatic carbocycles. The first-order valence-corrected chi connectivity index (χ1v) is 4.09. The Labute approximate surface area is 70.3 Å². The fraction of sp³-hybridized carbons (Fsp3) is 0.714. The maximum absolute atomic E-state index is 5.26. The summed E-state index contributed by atoms with van der Waals surface area (Å²) < 4.78 is 4.97. The topological polar surface area (TPSA) is 77.0 Å². The molecule has 1 aromatic rings. The highest BCUT2D eigenvalue weighted by atomic mass is 16.4. The molecular formula is C7H12N4O.